The minimum absolute atomic E-state index is 0.0781. The molecule has 1 unspecified atom stereocenters. The van der Waals surface area contributed by atoms with Crippen LogP contribution in [0.1, 0.15) is 42.1 Å². The maximum absolute atomic E-state index is 13.6. The number of aromatic nitrogens is 2. The van der Waals surface area contributed by atoms with E-state index in [0.717, 1.165) is 11.5 Å². The molecule has 0 bridgehead atoms. The van der Waals surface area contributed by atoms with Crippen molar-refractivity contribution in [2.75, 3.05) is 0 Å². The average Bonchev–Trinajstić information content (AvgIpc) is 2.87. The highest BCUT2D eigenvalue weighted by molar-refractivity contribution is 7.05. The first kappa shape index (κ1) is 14.6. The van der Waals surface area contributed by atoms with Crippen molar-refractivity contribution < 1.29 is 14.3 Å². The van der Waals surface area contributed by atoms with Gasteiger partial charge >= 0.3 is 5.97 Å². The van der Waals surface area contributed by atoms with E-state index < -0.39 is 17.7 Å². The SMILES string of the molecule is CC(C)c1nsc(C(Cc2ccccc2F)C(=O)O)n1. The van der Waals surface area contributed by atoms with Crippen LogP contribution in [-0.2, 0) is 11.2 Å². The summed E-state index contributed by atoms with van der Waals surface area (Å²) in [4.78, 5) is 15.7. The van der Waals surface area contributed by atoms with Gasteiger partial charge in [-0.2, -0.15) is 4.37 Å². The van der Waals surface area contributed by atoms with Gasteiger partial charge in [0.15, 0.2) is 0 Å². The fourth-order valence-corrected chi connectivity index (χ4v) is 2.67. The summed E-state index contributed by atoms with van der Waals surface area (Å²) in [5.74, 6) is -1.50. The Hall–Kier alpha value is -1.82. The number of aliphatic carboxylic acids is 1. The van der Waals surface area contributed by atoms with Crippen molar-refractivity contribution in [3.8, 4) is 0 Å². The minimum Gasteiger partial charge on any atom is -0.481 e. The van der Waals surface area contributed by atoms with Crippen LogP contribution in [0.25, 0.3) is 0 Å². The topological polar surface area (TPSA) is 63.1 Å². The Morgan fingerprint density at radius 3 is 2.65 bits per heavy atom. The van der Waals surface area contributed by atoms with Gasteiger partial charge < -0.3 is 5.11 Å². The van der Waals surface area contributed by atoms with Crippen molar-refractivity contribution >= 4 is 17.5 Å². The van der Waals surface area contributed by atoms with Gasteiger partial charge in [0, 0.05) is 5.92 Å². The van der Waals surface area contributed by atoms with Crippen LogP contribution < -0.4 is 0 Å². The van der Waals surface area contributed by atoms with Crippen LogP contribution in [0.5, 0.6) is 0 Å². The summed E-state index contributed by atoms with van der Waals surface area (Å²) in [7, 11) is 0. The molecule has 0 amide bonds. The maximum atomic E-state index is 13.6. The van der Waals surface area contributed by atoms with Gasteiger partial charge in [-0.3, -0.25) is 4.79 Å². The quantitative estimate of drug-likeness (QED) is 0.919. The fourth-order valence-electron chi connectivity index (χ4n) is 1.79. The Morgan fingerprint density at radius 1 is 1.40 bits per heavy atom. The lowest BCUT2D eigenvalue weighted by Crippen LogP contribution is -2.15. The third-order valence-electron chi connectivity index (χ3n) is 2.95. The van der Waals surface area contributed by atoms with E-state index in [1.807, 2.05) is 13.8 Å². The highest BCUT2D eigenvalue weighted by Gasteiger charge is 2.26. The van der Waals surface area contributed by atoms with E-state index in [-0.39, 0.29) is 12.3 Å². The third kappa shape index (κ3) is 3.19. The number of nitrogens with zero attached hydrogens (tertiary/aromatic N) is 2. The second-order valence-electron chi connectivity index (χ2n) is 4.83. The molecule has 0 spiro atoms. The average molecular weight is 294 g/mol. The first-order valence-corrected chi connectivity index (χ1v) is 7.06. The second-order valence-corrected chi connectivity index (χ2v) is 5.62. The number of hydrogen-bond donors (Lipinski definition) is 1. The summed E-state index contributed by atoms with van der Waals surface area (Å²) < 4.78 is 17.8. The Bertz CT molecular complexity index is 613. The van der Waals surface area contributed by atoms with Crippen LogP contribution in [0, 0.1) is 5.82 Å². The molecule has 1 atom stereocenters. The number of halogens is 1. The molecule has 2 aromatic rings. The summed E-state index contributed by atoms with van der Waals surface area (Å²) in [6.45, 7) is 3.89. The number of carboxylic acid groups (broad SMARTS) is 1. The zero-order chi connectivity index (χ0) is 14.7. The highest BCUT2D eigenvalue weighted by atomic mass is 32.1. The molecule has 1 N–H and O–H groups in total. The summed E-state index contributed by atoms with van der Waals surface area (Å²) in [6.07, 6.45) is 0.0781. The van der Waals surface area contributed by atoms with Crippen LogP contribution in [0.3, 0.4) is 0 Å². The van der Waals surface area contributed by atoms with Gasteiger partial charge in [0.05, 0.1) is 0 Å². The van der Waals surface area contributed by atoms with Gasteiger partial charge in [0.1, 0.15) is 22.6 Å². The zero-order valence-electron chi connectivity index (χ0n) is 11.2. The largest absolute Gasteiger partial charge is 0.481 e. The van der Waals surface area contributed by atoms with E-state index in [0.29, 0.717) is 16.4 Å². The van der Waals surface area contributed by atoms with Gasteiger partial charge in [0.25, 0.3) is 0 Å². The van der Waals surface area contributed by atoms with Crippen LogP contribution in [-0.4, -0.2) is 20.4 Å². The molecule has 0 aliphatic rings. The second kappa shape index (κ2) is 6.09. The predicted octanol–water partition coefficient (Wildman–Crippen LogP) is 3.21. The summed E-state index contributed by atoms with van der Waals surface area (Å²) in [5, 5.41) is 9.76. The van der Waals surface area contributed by atoms with Crippen molar-refractivity contribution in [3.05, 3.63) is 46.5 Å². The fraction of sp³-hybridized carbons (Fsp3) is 0.357. The van der Waals surface area contributed by atoms with E-state index in [1.165, 1.54) is 6.07 Å². The molecule has 0 saturated carbocycles. The number of carbonyl (C=O) groups is 1. The molecular formula is C14H15FN2O2S. The van der Waals surface area contributed by atoms with Crippen LogP contribution in [0.15, 0.2) is 24.3 Å². The van der Waals surface area contributed by atoms with Crippen molar-refractivity contribution in [2.24, 2.45) is 0 Å². The summed E-state index contributed by atoms with van der Waals surface area (Å²) >= 11 is 1.08. The number of carboxylic acids is 1. The molecule has 0 saturated heterocycles. The number of hydrogen-bond acceptors (Lipinski definition) is 4. The summed E-state index contributed by atoms with van der Waals surface area (Å²) in [6, 6.07) is 6.19. The lowest BCUT2D eigenvalue weighted by molar-refractivity contribution is -0.138. The molecule has 1 aromatic carbocycles. The third-order valence-corrected chi connectivity index (χ3v) is 3.79. The normalized spacial score (nSPS) is 12.6. The Morgan fingerprint density at radius 2 is 2.10 bits per heavy atom. The molecule has 20 heavy (non-hydrogen) atoms. The monoisotopic (exact) mass is 294 g/mol. The molecule has 6 heteroatoms. The van der Waals surface area contributed by atoms with Crippen molar-refractivity contribution in [3.63, 3.8) is 0 Å². The molecule has 1 heterocycles. The molecule has 0 fully saturated rings. The van der Waals surface area contributed by atoms with E-state index in [1.54, 1.807) is 18.2 Å². The van der Waals surface area contributed by atoms with Crippen molar-refractivity contribution in [2.45, 2.75) is 32.1 Å². The van der Waals surface area contributed by atoms with Crippen LogP contribution in [0.2, 0.25) is 0 Å². The van der Waals surface area contributed by atoms with E-state index in [2.05, 4.69) is 9.36 Å². The molecule has 0 aliphatic carbocycles. The maximum Gasteiger partial charge on any atom is 0.313 e. The van der Waals surface area contributed by atoms with Gasteiger partial charge in [-0.1, -0.05) is 32.0 Å². The van der Waals surface area contributed by atoms with Gasteiger partial charge in [-0.05, 0) is 29.6 Å². The molecule has 1 aromatic heterocycles. The minimum atomic E-state index is -1.01. The molecule has 0 radical (unpaired) electrons. The standard InChI is InChI=1S/C14H15FN2O2S/c1-8(2)12-16-13(20-17-12)10(14(18)19)7-9-5-3-4-6-11(9)15/h3-6,8,10H,7H2,1-2H3,(H,18,19). The van der Waals surface area contributed by atoms with Crippen LogP contribution in [0.4, 0.5) is 4.39 Å². The zero-order valence-corrected chi connectivity index (χ0v) is 12.0. The molecule has 4 nitrogen and oxygen atoms in total. The highest BCUT2D eigenvalue weighted by Crippen LogP contribution is 2.26. The predicted molar refractivity (Wildman–Crippen MR) is 74.5 cm³/mol. The number of benzene rings is 1. The Labute approximate surface area is 120 Å². The first-order valence-electron chi connectivity index (χ1n) is 6.28. The Balaban J connectivity index is 2.27. The smallest absolute Gasteiger partial charge is 0.313 e. The number of rotatable bonds is 5. The van der Waals surface area contributed by atoms with Gasteiger partial charge in [-0.25, -0.2) is 9.37 Å². The van der Waals surface area contributed by atoms with Crippen LogP contribution >= 0.6 is 11.5 Å². The summed E-state index contributed by atoms with van der Waals surface area (Å²) in [5.41, 5.74) is 0.376. The van der Waals surface area contributed by atoms with Crippen molar-refractivity contribution in [1.29, 1.82) is 0 Å². The molecule has 2 rings (SSSR count). The molecule has 106 valence electrons. The van der Waals surface area contributed by atoms with Gasteiger partial charge in [-0.15, -0.1) is 0 Å². The Kier molecular flexibility index (Phi) is 4.44. The van der Waals surface area contributed by atoms with E-state index in [9.17, 15) is 14.3 Å². The van der Waals surface area contributed by atoms with E-state index in [4.69, 9.17) is 0 Å². The lowest BCUT2D eigenvalue weighted by atomic mass is 9.99. The lowest BCUT2D eigenvalue weighted by Gasteiger charge is -2.09. The first-order chi connectivity index (χ1) is 9.49. The van der Waals surface area contributed by atoms with Crippen molar-refractivity contribution in [1.82, 2.24) is 9.36 Å². The molecule has 0 aliphatic heterocycles. The molecular weight excluding hydrogens is 279 g/mol. The van der Waals surface area contributed by atoms with E-state index >= 15 is 0 Å². The van der Waals surface area contributed by atoms with Gasteiger partial charge in [0.2, 0.25) is 0 Å².